The molecule has 0 radical (unpaired) electrons. The Kier molecular flexibility index (Phi) is 4.63. The van der Waals surface area contributed by atoms with E-state index >= 15 is 0 Å². The SMILES string of the molecule is CCCNc1nnc(C(=O)NCc2csc(=O)[nH]2)s1. The van der Waals surface area contributed by atoms with Gasteiger partial charge in [0.15, 0.2) is 0 Å². The number of anilines is 1. The van der Waals surface area contributed by atoms with Gasteiger partial charge in [0.05, 0.1) is 6.54 Å². The molecule has 0 aliphatic carbocycles. The zero-order chi connectivity index (χ0) is 13.7. The van der Waals surface area contributed by atoms with E-state index in [-0.39, 0.29) is 17.3 Å². The monoisotopic (exact) mass is 299 g/mol. The molecule has 0 saturated heterocycles. The van der Waals surface area contributed by atoms with Crippen molar-refractivity contribution < 1.29 is 4.79 Å². The lowest BCUT2D eigenvalue weighted by molar-refractivity contribution is 0.0949. The first-order valence-electron chi connectivity index (χ1n) is 5.71. The molecule has 0 aliphatic heterocycles. The molecule has 0 saturated carbocycles. The first kappa shape index (κ1) is 13.7. The lowest BCUT2D eigenvalue weighted by atomic mass is 10.5. The number of nitrogens with one attached hydrogen (secondary N) is 3. The summed E-state index contributed by atoms with van der Waals surface area (Å²) >= 11 is 2.27. The summed E-state index contributed by atoms with van der Waals surface area (Å²) < 4.78 is 0. The van der Waals surface area contributed by atoms with Crippen LogP contribution in [-0.4, -0.2) is 27.6 Å². The standard InChI is InChI=1S/C10H13N5O2S2/c1-2-3-11-9-15-14-8(19-9)7(16)12-4-6-5-18-10(17)13-6/h5H,2-4H2,1H3,(H,11,15)(H,12,16)(H,13,17). The van der Waals surface area contributed by atoms with E-state index in [1.807, 2.05) is 6.92 Å². The molecule has 102 valence electrons. The zero-order valence-corrected chi connectivity index (χ0v) is 11.9. The first-order valence-corrected chi connectivity index (χ1v) is 7.41. The molecule has 0 bridgehead atoms. The fourth-order valence-corrected chi connectivity index (χ4v) is 2.54. The number of carbonyl (C=O) groups excluding carboxylic acids is 1. The highest BCUT2D eigenvalue weighted by molar-refractivity contribution is 7.17. The molecular formula is C10H13N5O2S2. The largest absolute Gasteiger partial charge is 0.360 e. The zero-order valence-electron chi connectivity index (χ0n) is 10.2. The van der Waals surface area contributed by atoms with E-state index in [2.05, 4.69) is 25.8 Å². The molecule has 2 aromatic rings. The van der Waals surface area contributed by atoms with Gasteiger partial charge >= 0.3 is 4.87 Å². The lowest BCUT2D eigenvalue weighted by Crippen LogP contribution is -2.23. The second-order valence-corrected chi connectivity index (χ2v) is 5.51. The fraction of sp³-hybridized carbons (Fsp3) is 0.400. The van der Waals surface area contributed by atoms with E-state index in [1.165, 1.54) is 11.3 Å². The molecule has 0 atom stereocenters. The second-order valence-electron chi connectivity index (χ2n) is 3.70. The van der Waals surface area contributed by atoms with E-state index < -0.39 is 0 Å². The number of aromatic nitrogens is 3. The predicted octanol–water partition coefficient (Wildman–Crippen LogP) is 1.04. The molecule has 0 spiro atoms. The van der Waals surface area contributed by atoms with Crippen LogP contribution in [0, 0.1) is 0 Å². The maximum absolute atomic E-state index is 11.8. The summed E-state index contributed by atoms with van der Waals surface area (Å²) in [5, 5.41) is 16.0. The molecule has 7 nitrogen and oxygen atoms in total. The number of rotatable bonds is 6. The second kappa shape index (κ2) is 6.43. The van der Waals surface area contributed by atoms with E-state index in [0.717, 1.165) is 24.3 Å². The highest BCUT2D eigenvalue weighted by atomic mass is 32.1. The molecule has 2 heterocycles. The Morgan fingerprint density at radius 1 is 1.47 bits per heavy atom. The van der Waals surface area contributed by atoms with Crippen LogP contribution in [0.1, 0.15) is 28.8 Å². The minimum Gasteiger partial charge on any atom is -0.360 e. The Hall–Kier alpha value is -1.74. The summed E-state index contributed by atoms with van der Waals surface area (Å²) in [7, 11) is 0. The van der Waals surface area contributed by atoms with Crippen molar-refractivity contribution >= 4 is 33.7 Å². The average molecular weight is 299 g/mol. The van der Waals surface area contributed by atoms with E-state index in [0.29, 0.717) is 15.8 Å². The Labute approximate surface area is 117 Å². The highest BCUT2D eigenvalue weighted by Crippen LogP contribution is 2.14. The van der Waals surface area contributed by atoms with Gasteiger partial charge in [0.2, 0.25) is 10.1 Å². The molecule has 0 aliphatic rings. The van der Waals surface area contributed by atoms with E-state index in [9.17, 15) is 9.59 Å². The van der Waals surface area contributed by atoms with Gasteiger partial charge in [-0.15, -0.1) is 10.2 Å². The number of hydrogen-bond donors (Lipinski definition) is 3. The summed E-state index contributed by atoms with van der Waals surface area (Å²) in [6, 6.07) is 0. The Bertz CT molecular complexity index is 603. The predicted molar refractivity (Wildman–Crippen MR) is 74.8 cm³/mol. The highest BCUT2D eigenvalue weighted by Gasteiger charge is 2.12. The van der Waals surface area contributed by atoms with Gasteiger partial charge in [0, 0.05) is 17.6 Å². The third kappa shape index (κ3) is 3.86. The van der Waals surface area contributed by atoms with Crippen LogP contribution in [0.5, 0.6) is 0 Å². The van der Waals surface area contributed by atoms with Crippen LogP contribution in [0.4, 0.5) is 5.13 Å². The van der Waals surface area contributed by atoms with Crippen molar-refractivity contribution in [1.29, 1.82) is 0 Å². The molecule has 0 aromatic carbocycles. The Morgan fingerprint density at radius 3 is 3.00 bits per heavy atom. The van der Waals surface area contributed by atoms with Gasteiger partial charge in [0.1, 0.15) is 0 Å². The van der Waals surface area contributed by atoms with Gasteiger partial charge < -0.3 is 15.6 Å². The first-order chi connectivity index (χ1) is 9.19. The molecule has 2 aromatic heterocycles. The van der Waals surface area contributed by atoms with Gasteiger partial charge in [-0.1, -0.05) is 29.6 Å². The van der Waals surface area contributed by atoms with Gasteiger partial charge in [-0.05, 0) is 6.42 Å². The summed E-state index contributed by atoms with van der Waals surface area (Å²) in [5.74, 6) is -0.297. The van der Waals surface area contributed by atoms with Gasteiger partial charge in [-0.3, -0.25) is 9.59 Å². The van der Waals surface area contributed by atoms with Crippen molar-refractivity contribution in [3.05, 3.63) is 25.7 Å². The maximum Gasteiger partial charge on any atom is 0.304 e. The van der Waals surface area contributed by atoms with Gasteiger partial charge in [-0.25, -0.2) is 0 Å². The molecular weight excluding hydrogens is 286 g/mol. The molecule has 0 unspecified atom stereocenters. The van der Waals surface area contributed by atoms with E-state index in [1.54, 1.807) is 5.38 Å². The minimum absolute atomic E-state index is 0.133. The number of H-pyrrole nitrogens is 1. The van der Waals surface area contributed by atoms with Crippen LogP contribution in [0.3, 0.4) is 0 Å². The van der Waals surface area contributed by atoms with Crippen LogP contribution in [0.25, 0.3) is 0 Å². The number of nitrogens with zero attached hydrogens (tertiary/aromatic N) is 2. The van der Waals surface area contributed by atoms with Crippen LogP contribution in [0.2, 0.25) is 0 Å². The van der Waals surface area contributed by atoms with Crippen molar-refractivity contribution in [2.45, 2.75) is 19.9 Å². The Morgan fingerprint density at radius 2 is 2.32 bits per heavy atom. The summed E-state index contributed by atoms with van der Waals surface area (Å²) in [4.78, 5) is 25.2. The van der Waals surface area contributed by atoms with E-state index in [4.69, 9.17) is 0 Å². The van der Waals surface area contributed by atoms with Crippen LogP contribution in [-0.2, 0) is 6.54 Å². The Balaban J connectivity index is 1.89. The number of aromatic amines is 1. The number of carbonyl (C=O) groups is 1. The minimum atomic E-state index is -0.297. The molecule has 3 N–H and O–H groups in total. The van der Waals surface area contributed by atoms with Crippen molar-refractivity contribution in [1.82, 2.24) is 20.5 Å². The summed E-state index contributed by atoms with van der Waals surface area (Å²) in [5.41, 5.74) is 0.678. The normalized spacial score (nSPS) is 10.4. The van der Waals surface area contributed by atoms with Crippen molar-refractivity contribution in [2.75, 3.05) is 11.9 Å². The van der Waals surface area contributed by atoms with Crippen LogP contribution >= 0.6 is 22.7 Å². The smallest absolute Gasteiger partial charge is 0.304 e. The van der Waals surface area contributed by atoms with Gasteiger partial charge in [-0.2, -0.15) is 0 Å². The quantitative estimate of drug-likeness (QED) is 0.740. The molecule has 19 heavy (non-hydrogen) atoms. The third-order valence-electron chi connectivity index (χ3n) is 2.16. The average Bonchev–Trinajstić information content (AvgIpc) is 3.02. The maximum atomic E-state index is 11.8. The van der Waals surface area contributed by atoms with Crippen LogP contribution in [0.15, 0.2) is 10.2 Å². The van der Waals surface area contributed by atoms with Crippen molar-refractivity contribution in [2.24, 2.45) is 0 Å². The molecule has 9 heteroatoms. The number of hydrogen-bond acceptors (Lipinski definition) is 7. The number of amides is 1. The van der Waals surface area contributed by atoms with Crippen molar-refractivity contribution in [3.8, 4) is 0 Å². The van der Waals surface area contributed by atoms with Crippen molar-refractivity contribution in [3.63, 3.8) is 0 Å². The lowest BCUT2D eigenvalue weighted by Gasteiger charge is -1.99. The summed E-state index contributed by atoms with van der Waals surface area (Å²) in [6.45, 7) is 3.12. The van der Waals surface area contributed by atoms with Gasteiger partial charge in [0.25, 0.3) is 5.91 Å². The summed E-state index contributed by atoms with van der Waals surface area (Å²) in [6.07, 6.45) is 0.979. The van der Waals surface area contributed by atoms with Crippen LogP contribution < -0.4 is 15.5 Å². The third-order valence-corrected chi connectivity index (χ3v) is 3.75. The topological polar surface area (TPSA) is 99.8 Å². The molecule has 0 fully saturated rings. The fourth-order valence-electron chi connectivity index (χ4n) is 1.27. The number of thiazole rings is 1. The molecule has 1 amide bonds. The molecule has 2 rings (SSSR count).